The van der Waals surface area contributed by atoms with Gasteiger partial charge in [-0.2, -0.15) is 0 Å². The molecule has 0 atom stereocenters. The number of imide groups is 1. The maximum absolute atomic E-state index is 11.5. The fraction of sp³-hybridized carbons (Fsp3) is 0.385. The molecule has 0 heterocycles. The summed E-state index contributed by atoms with van der Waals surface area (Å²) in [4.78, 5) is 22.9. The second kappa shape index (κ2) is 8.39. The number of benzene rings is 1. The molecule has 0 saturated heterocycles. The fourth-order valence-electron chi connectivity index (χ4n) is 1.48. The smallest absolute Gasteiger partial charge is 0.321 e. The zero-order valence-corrected chi connectivity index (χ0v) is 12.2. The van der Waals surface area contributed by atoms with Crippen molar-refractivity contribution in [1.29, 1.82) is 0 Å². The lowest BCUT2D eigenvalue weighted by molar-refractivity contribution is -0.118. The van der Waals surface area contributed by atoms with Gasteiger partial charge in [0.05, 0.1) is 13.2 Å². The molecule has 0 fully saturated rings. The number of urea groups is 1. The molecule has 0 saturated carbocycles. The van der Waals surface area contributed by atoms with E-state index in [1.165, 1.54) is 7.11 Å². The minimum atomic E-state index is -0.540. The van der Waals surface area contributed by atoms with Gasteiger partial charge in [-0.05, 0) is 30.7 Å². The van der Waals surface area contributed by atoms with Crippen LogP contribution in [0.1, 0.15) is 5.56 Å². The first-order valence-electron chi connectivity index (χ1n) is 6.09. The molecule has 6 nitrogen and oxygen atoms in total. The van der Waals surface area contributed by atoms with Crippen molar-refractivity contribution in [2.75, 3.05) is 32.1 Å². The summed E-state index contributed by atoms with van der Waals surface area (Å²) < 4.78 is 4.77. The van der Waals surface area contributed by atoms with E-state index < -0.39 is 11.9 Å². The molecule has 0 unspecified atom stereocenters. The monoisotopic (exact) mass is 299 g/mol. The Labute approximate surface area is 122 Å². The molecule has 0 aliphatic heterocycles. The molecule has 0 spiro atoms. The van der Waals surface area contributed by atoms with Gasteiger partial charge in [-0.3, -0.25) is 10.1 Å². The second-order valence-electron chi connectivity index (χ2n) is 4.11. The number of rotatable bonds is 6. The molecule has 110 valence electrons. The second-order valence-corrected chi connectivity index (χ2v) is 4.55. The zero-order valence-electron chi connectivity index (χ0n) is 11.5. The zero-order chi connectivity index (χ0) is 15.0. The minimum absolute atomic E-state index is 0.000169. The Morgan fingerprint density at radius 1 is 1.35 bits per heavy atom. The van der Waals surface area contributed by atoms with Gasteiger partial charge in [-0.15, -0.1) is 0 Å². The van der Waals surface area contributed by atoms with E-state index in [4.69, 9.17) is 16.3 Å². The molecular weight excluding hydrogens is 282 g/mol. The van der Waals surface area contributed by atoms with Crippen LogP contribution < -0.4 is 16.0 Å². The van der Waals surface area contributed by atoms with Gasteiger partial charge in [0.15, 0.2) is 0 Å². The molecule has 3 N–H and O–H groups in total. The van der Waals surface area contributed by atoms with Crippen LogP contribution in [0.15, 0.2) is 18.2 Å². The van der Waals surface area contributed by atoms with Crippen LogP contribution in [0.4, 0.5) is 10.5 Å². The molecular formula is C13H18ClN3O3. The predicted octanol–water partition coefficient (Wildman–Crippen LogP) is 1.53. The number of aryl methyl sites for hydroxylation is 1. The van der Waals surface area contributed by atoms with Gasteiger partial charge in [-0.1, -0.05) is 11.6 Å². The quantitative estimate of drug-likeness (QED) is 0.696. The Kier molecular flexibility index (Phi) is 6.83. The number of carbonyl (C=O) groups excluding carboxylic acids is 2. The van der Waals surface area contributed by atoms with Crippen molar-refractivity contribution < 1.29 is 14.3 Å². The molecule has 20 heavy (non-hydrogen) atoms. The summed E-state index contributed by atoms with van der Waals surface area (Å²) in [7, 11) is 1.53. The summed E-state index contributed by atoms with van der Waals surface area (Å²) in [5.74, 6) is -0.422. The van der Waals surface area contributed by atoms with Crippen LogP contribution in [-0.2, 0) is 9.53 Å². The van der Waals surface area contributed by atoms with Gasteiger partial charge in [0.25, 0.3) is 0 Å². The number of hydrogen-bond acceptors (Lipinski definition) is 4. The molecule has 3 amide bonds. The van der Waals surface area contributed by atoms with Crippen molar-refractivity contribution in [2.45, 2.75) is 6.92 Å². The average molecular weight is 300 g/mol. The van der Waals surface area contributed by atoms with Crippen LogP contribution in [0.5, 0.6) is 0 Å². The lowest BCUT2D eigenvalue weighted by Crippen LogP contribution is -2.43. The summed E-state index contributed by atoms with van der Waals surface area (Å²) in [6.07, 6.45) is 0. The first kappa shape index (κ1) is 16.3. The number of anilines is 1. The Balaban J connectivity index is 2.34. The van der Waals surface area contributed by atoms with E-state index in [9.17, 15) is 9.59 Å². The van der Waals surface area contributed by atoms with Crippen LogP contribution >= 0.6 is 11.6 Å². The van der Waals surface area contributed by atoms with Gasteiger partial charge in [0.2, 0.25) is 5.91 Å². The number of ether oxygens (including phenoxy) is 1. The summed E-state index contributed by atoms with van der Waals surface area (Å²) in [5, 5.41) is 8.27. The van der Waals surface area contributed by atoms with E-state index in [-0.39, 0.29) is 6.54 Å². The number of amides is 3. The number of methoxy groups -OCH3 is 1. The SMILES string of the molecule is COCCNC(=O)NC(=O)CNc1ccc(Cl)cc1C. The summed E-state index contributed by atoms with van der Waals surface area (Å²) >= 11 is 5.84. The van der Waals surface area contributed by atoms with Gasteiger partial charge >= 0.3 is 6.03 Å². The third-order valence-corrected chi connectivity index (χ3v) is 2.71. The Hall–Kier alpha value is -1.79. The topological polar surface area (TPSA) is 79.5 Å². The highest BCUT2D eigenvalue weighted by Crippen LogP contribution is 2.19. The summed E-state index contributed by atoms with van der Waals surface area (Å²) in [5.41, 5.74) is 1.72. The van der Waals surface area contributed by atoms with Gasteiger partial charge in [0, 0.05) is 24.4 Å². The highest BCUT2D eigenvalue weighted by atomic mass is 35.5. The number of hydrogen-bond donors (Lipinski definition) is 3. The van der Waals surface area contributed by atoms with Crippen LogP contribution in [-0.4, -0.2) is 38.7 Å². The fourth-order valence-corrected chi connectivity index (χ4v) is 1.71. The van der Waals surface area contributed by atoms with Crippen molar-refractivity contribution in [3.63, 3.8) is 0 Å². The normalized spacial score (nSPS) is 9.95. The van der Waals surface area contributed by atoms with Crippen molar-refractivity contribution in [3.8, 4) is 0 Å². The standard InChI is InChI=1S/C13H18ClN3O3/c1-9-7-10(14)3-4-11(9)16-8-12(18)17-13(19)15-5-6-20-2/h3-4,7,16H,5-6,8H2,1-2H3,(H2,15,17,18,19). The third-order valence-electron chi connectivity index (χ3n) is 2.47. The Morgan fingerprint density at radius 3 is 2.75 bits per heavy atom. The van der Waals surface area contributed by atoms with E-state index in [1.54, 1.807) is 18.2 Å². The third kappa shape index (κ3) is 5.90. The largest absolute Gasteiger partial charge is 0.383 e. The van der Waals surface area contributed by atoms with Crippen molar-refractivity contribution in [3.05, 3.63) is 28.8 Å². The lowest BCUT2D eigenvalue weighted by Gasteiger charge is -2.10. The van der Waals surface area contributed by atoms with Crippen molar-refractivity contribution >= 4 is 29.2 Å². The number of nitrogens with one attached hydrogen (secondary N) is 3. The van der Waals surface area contributed by atoms with Gasteiger partial charge in [-0.25, -0.2) is 4.79 Å². The lowest BCUT2D eigenvalue weighted by atomic mass is 10.2. The van der Waals surface area contributed by atoms with Crippen LogP contribution in [0.25, 0.3) is 0 Å². The van der Waals surface area contributed by atoms with E-state index in [2.05, 4.69) is 16.0 Å². The van der Waals surface area contributed by atoms with E-state index in [0.717, 1.165) is 11.3 Å². The highest BCUT2D eigenvalue weighted by molar-refractivity contribution is 6.30. The Bertz CT molecular complexity index is 480. The van der Waals surface area contributed by atoms with Crippen LogP contribution in [0, 0.1) is 6.92 Å². The molecule has 0 aliphatic rings. The number of carbonyl (C=O) groups is 2. The van der Waals surface area contributed by atoms with Crippen molar-refractivity contribution in [1.82, 2.24) is 10.6 Å². The molecule has 0 radical (unpaired) electrons. The molecule has 1 aromatic carbocycles. The van der Waals surface area contributed by atoms with E-state index in [1.807, 2.05) is 6.92 Å². The highest BCUT2D eigenvalue weighted by Gasteiger charge is 2.07. The van der Waals surface area contributed by atoms with Crippen LogP contribution in [0.3, 0.4) is 0 Å². The van der Waals surface area contributed by atoms with Crippen molar-refractivity contribution in [2.24, 2.45) is 0 Å². The maximum Gasteiger partial charge on any atom is 0.321 e. The first-order chi connectivity index (χ1) is 9.52. The Morgan fingerprint density at radius 2 is 2.10 bits per heavy atom. The molecule has 0 bridgehead atoms. The van der Waals surface area contributed by atoms with E-state index >= 15 is 0 Å². The van der Waals surface area contributed by atoms with Gasteiger partial charge < -0.3 is 15.4 Å². The predicted molar refractivity (Wildman–Crippen MR) is 78.1 cm³/mol. The average Bonchev–Trinajstić information content (AvgIpc) is 2.38. The summed E-state index contributed by atoms with van der Waals surface area (Å²) in [6, 6.07) is 4.76. The van der Waals surface area contributed by atoms with Gasteiger partial charge in [0.1, 0.15) is 0 Å². The van der Waals surface area contributed by atoms with E-state index in [0.29, 0.717) is 18.2 Å². The summed E-state index contributed by atoms with van der Waals surface area (Å²) in [6.45, 7) is 2.62. The van der Waals surface area contributed by atoms with Crippen LogP contribution in [0.2, 0.25) is 5.02 Å². The first-order valence-corrected chi connectivity index (χ1v) is 6.47. The molecule has 0 aromatic heterocycles. The molecule has 0 aliphatic carbocycles. The minimum Gasteiger partial charge on any atom is -0.383 e. The molecule has 1 aromatic rings. The molecule has 7 heteroatoms. The maximum atomic E-state index is 11.5. The molecule has 1 rings (SSSR count). The number of halogens is 1.